The Kier molecular flexibility index (Phi) is 7.86. The highest BCUT2D eigenvalue weighted by Crippen LogP contribution is 2.37. The molecule has 0 amide bonds. The summed E-state index contributed by atoms with van der Waals surface area (Å²) in [6.07, 6.45) is 2.32. The van der Waals surface area contributed by atoms with Crippen molar-refractivity contribution >= 4 is 33.2 Å². The second kappa shape index (κ2) is 10.4. The first-order valence-electron chi connectivity index (χ1n) is 13.2. The van der Waals surface area contributed by atoms with Gasteiger partial charge in [0.25, 0.3) is 0 Å². The summed E-state index contributed by atoms with van der Waals surface area (Å²) < 4.78 is 26.9. The van der Waals surface area contributed by atoms with Gasteiger partial charge in [0.15, 0.2) is 5.82 Å². The standard InChI is InChI=1S/C28H40BN3O5Si/c1-25(2,3)38-37-26(4,5)23-12-10-13-24(31-23)32-21-16-19(29-35-27(6,7)28(8,9)36-29)17-22(20(21)18-30-32)34-15-11-14-33/h10,12-13,16-18,33H,11,14-15H2,1-9H3. The maximum absolute atomic E-state index is 9.27. The summed E-state index contributed by atoms with van der Waals surface area (Å²) >= 11 is 0. The summed E-state index contributed by atoms with van der Waals surface area (Å²) in [4.78, 5) is 4.96. The lowest BCUT2D eigenvalue weighted by atomic mass is 9.78. The molecule has 0 spiro atoms. The normalized spacial score (nSPS) is 17.4. The van der Waals surface area contributed by atoms with Crippen LogP contribution in [0.15, 0.2) is 36.5 Å². The third kappa shape index (κ3) is 5.99. The van der Waals surface area contributed by atoms with Crippen molar-refractivity contribution in [1.82, 2.24) is 14.8 Å². The first-order chi connectivity index (χ1) is 17.6. The van der Waals surface area contributed by atoms with E-state index in [1.807, 2.05) is 76.6 Å². The molecule has 2 radical (unpaired) electrons. The molecule has 3 aromatic rings. The van der Waals surface area contributed by atoms with E-state index in [0.717, 1.165) is 22.1 Å². The summed E-state index contributed by atoms with van der Waals surface area (Å²) in [7, 11) is -0.220. The van der Waals surface area contributed by atoms with Gasteiger partial charge in [-0.1, -0.05) is 26.8 Å². The van der Waals surface area contributed by atoms with Crippen LogP contribution in [0, 0.1) is 0 Å². The quantitative estimate of drug-likeness (QED) is 0.316. The molecule has 1 aliphatic rings. The number of hydrogen-bond acceptors (Lipinski definition) is 7. The zero-order chi connectivity index (χ0) is 27.9. The number of fused-ring (bicyclic) bond motifs is 1. The smallest absolute Gasteiger partial charge is 0.493 e. The number of aliphatic hydroxyl groups excluding tert-OH is 1. The van der Waals surface area contributed by atoms with E-state index in [9.17, 15) is 5.11 Å². The summed E-state index contributed by atoms with van der Waals surface area (Å²) in [6, 6.07) is 9.88. The van der Waals surface area contributed by atoms with Crippen LogP contribution < -0.4 is 10.2 Å². The van der Waals surface area contributed by atoms with Crippen molar-refractivity contribution in [3.63, 3.8) is 0 Å². The predicted octanol–water partition coefficient (Wildman–Crippen LogP) is 4.57. The summed E-state index contributed by atoms with van der Waals surface area (Å²) in [5.74, 6) is 1.35. The molecule has 1 saturated heterocycles. The molecule has 1 aromatic carbocycles. The van der Waals surface area contributed by atoms with Gasteiger partial charge >= 0.3 is 7.12 Å². The van der Waals surface area contributed by atoms with Gasteiger partial charge in [0.05, 0.1) is 46.2 Å². The molecule has 3 heterocycles. The summed E-state index contributed by atoms with van der Waals surface area (Å²) in [5.41, 5.74) is 0.994. The van der Waals surface area contributed by atoms with Crippen LogP contribution in [-0.2, 0) is 19.3 Å². The van der Waals surface area contributed by atoms with Gasteiger partial charge in [-0.2, -0.15) is 5.10 Å². The van der Waals surface area contributed by atoms with E-state index >= 15 is 0 Å². The van der Waals surface area contributed by atoms with Crippen molar-refractivity contribution in [3.8, 4) is 11.6 Å². The van der Waals surface area contributed by atoms with Crippen LogP contribution in [0.25, 0.3) is 16.7 Å². The van der Waals surface area contributed by atoms with Gasteiger partial charge in [0.1, 0.15) is 5.75 Å². The average Bonchev–Trinajstić information content (AvgIpc) is 3.35. The van der Waals surface area contributed by atoms with Crippen molar-refractivity contribution in [2.75, 3.05) is 13.2 Å². The van der Waals surface area contributed by atoms with E-state index in [-0.39, 0.29) is 11.6 Å². The first kappa shape index (κ1) is 28.8. The molecule has 0 unspecified atom stereocenters. The Hall–Kier alpha value is -2.24. The average molecular weight is 538 g/mol. The molecule has 204 valence electrons. The zero-order valence-corrected chi connectivity index (χ0v) is 25.1. The van der Waals surface area contributed by atoms with E-state index in [2.05, 4.69) is 20.8 Å². The molecule has 0 bridgehead atoms. The van der Waals surface area contributed by atoms with Crippen LogP contribution in [0.2, 0.25) is 5.04 Å². The molecule has 1 N–H and O–H groups in total. The Bertz CT molecular complexity index is 1270. The van der Waals surface area contributed by atoms with Crippen molar-refractivity contribution in [3.05, 3.63) is 42.2 Å². The minimum Gasteiger partial charge on any atom is -0.493 e. The fourth-order valence-corrected chi connectivity index (χ4v) is 4.65. The molecule has 1 aliphatic heterocycles. The molecular weight excluding hydrogens is 497 g/mol. The number of rotatable bonds is 9. The van der Waals surface area contributed by atoms with Gasteiger partial charge in [0.2, 0.25) is 9.76 Å². The lowest BCUT2D eigenvalue weighted by molar-refractivity contribution is 0.00578. The maximum atomic E-state index is 9.27. The summed E-state index contributed by atoms with van der Waals surface area (Å²) in [6.45, 7) is 19.2. The lowest BCUT2D eigenvalue weighted by Crippen LogP contribution is -2.41. The number of ether oxygens (including phenoxy) is 1. The van der Waals surface area contributed by atoms with Crippen molar-refractivity contribution in [2.45, 2.75) is 90.6 Å². The number of pyridine rings is 1. The fraction of sp³-hybridized carbons (Fsp3) is 0.571. The van der Waals surface area contributed by atoms with Gasteiger partial charge < -0.3 is 23.6 Å². The number of nitrogens with zero attached hydrogens (tertiary/aromatic N) is 3. The largest absolute Gasteiger partial charge is 0.495 e. The number of aliphatic hydroxyl groups is 1. The van der Waals surface area contributed by atoms with Gasteiger partial charge in [-0.15, -0.1) is 0 Å². The topological polar surface area (TPSA) is 87.9 Å². The molecule has 10 heteroatoms. The van der Waals surface area contributed by atoms with Crippen LogP contribution in [0.1, 0.15) is 74.4 Å². The Morgan fingerprint density at radius 3 is 2.37 bits per heavy atom. The lowest BCUT2D eigenvalue weighted by Gasteiger charge is -2.32. The Morgan fingerprint density at radius 1 is 1.05 bits per heavy atom. The summed E-state index contributed by atoms with van der Waals surface area (Å²) in [5, 5.41) is 14.9. The maximum Gasteiger partial charge on any atom is 0.495 e. The van der Waals surface area contributed by atoms with Gasteiger partial charge in [0, 0.05) is 13.0 Å². The first-order valence-corrected chi connectivity index (χ1v) is 14.1. The monoisotopic (exact) mass is 537 g/mol. The molecule has 0 saturated carbocycles. The van der Waals surface area contributed by atoms with Crippen molar-refractivity contribution < 1.29 is 23.6 Å². The van der Waals surface area contributed by atoms with Gasteiger partial charge in [-0.05, 0) is 76.3 Å². The van der Waals surface area contributed by atoms with Gasteiger partial charge in [-0.25, -0.2) is 9.67 Å². The van der Waals surface area contributed by atoms with E-state index in [1.54, 1.807) is 6.20 Å². The van der Waals surface area contributed by atoms with Crippen LogP contribution in [-0.4, -0.2) is 61.2 Å². The van der Waals surface area contributed by atoms with Crippen LogP contribution >= 0.6 is 0 Å². The number of benzene rings is 1. The molecule has 8 nitrogen and oxygen atoms in total. The Balaban J connectivity index is 1.76. The molecule has 2 aromatic heterocycles. The molecular formula is C28H40BN3O5Si. The Labute approximate surface area is 229 Å². The van der Waals surface area contributed by atoms with Gasteiger partial charge in [-0.3, -0.25) is 0 Å². The molecule has 1 fully saturated rings. The molecule has 4 rings (SSSR count). The van der Waals surface area contributed by atoms with Crippen molar-refractivity contribution in [1.29, 1.82) is 0 Å². The molecule has 38 heavy (non-hydrogen) atoms. The second-order valence-corrected chi connectivity index (χ2v) is 14.3. The number of hydrogen-bond donors (Lipinski definition) is 1. The highest BCUT2D eigenvalue weighted by Gasteiger charge is 2.52. The SMILES string of the molecule is CC(C)(C)[Si]OC(C)(C)c1cccc(-n2ncc3c(OCCCO)cc(B4OC(C)(C)C(C)(C)O4)cc32)n1. The van der Waals surface area contributed by atoms with Crippen LogP contribution in [0.4, 0.5) is 0 Å². The van der Waals surface area contributed by atoms with Crippen LogP contribution in [0.5, 0.6) is 5.75 Å². The second-order valence-electron chi connectivity index (χ2n) is 12.4. The predicted molar refractivity (Wildman–Crippen MR) is 151 cm³/mol. The third-order valence-corrected chi connectivity index (χ3v) is 8.16. The van der Waals surface area contributed by atoms with E-state index < -0.39 is 23.9 Å². The minimum atomic E-state index is -0.558. The molecule has 0 aliphatic carbocycles. The minimum absolute atomic E-state index is 0.0592. The highest BCUT2D eigenvalue weighted by atomic mass is 28.2. The Morgan fingerprint density at radius 2 is 1.74 bits per heavy atom. The van der Waals surface area contributed by atoms with E-state index in [4.69, 9.17) is 28.6 Å². The van der Waals surface area contributed by atoms with Crippen molar-refractivity contribution in [2.24, 2.45) is 0 Å². The third-order valence-electron chi connectivity index (χ3n) is 6.94. The zero-order valence-electron chi connectivity index (χ0n) is 24.1. The van der Waals surface area contributed by atoms with E-state index in [0.29, 0.717) is 34.4 Å². The molecule has 0 atom stereocenters. The fourth-order valence-electron chi connectivity index (χ4n) is 3.99. The number of aromatic nitrogens is 3. The highest BCUT2D eigenvalue weighted by molar-refractivity contribution is 6.62. The van der Waals surface area contributed by atoms with E-state index in [1.165, 1.54) is 0 Å². The van der Waals surface area contributed by atoms with Crippen LogP contribution in [0.3, 0.4) is 0 Å².